The highest BCUT2D eigenvalue weighted by Gasteiger charge is 2.21. The summed E-state index contributed by atoms with van der Waals surface area (Å²) < 4.78 is 30.4. The van der Waals surface area contributed by atoms with E-state index in [0.29, 0.717) is 12.8 Å². The van der Waals surface area contributed by atoms with Gasteiger partial charge in [0, 0.05) is 12.8 Å². The van der Waals surface area contributed by atoms with Crippen molar-refractivity contribution >= 4 is 19.8 Å². The molecule has 0 aliphatic carbocycles. The Morgan fingerprint density at radius 3 is 1.57 bits per heavy atom. The molecule has 0 fully saturated rings. The minimum absolute atomic E-state index is 0.123. The topological polar surface area (TPSA) is 108 Å². The zero-order valence-corrected chi connectivity index (χ0v) is 14.7. The van der Waals surface area contributed by atoms with Crippen LogP contribution in [0, 0.1) is 0 Å². The zero-order chi connectivity index (χ0) is 17.6. The van der Waals surface area contributed by atoms with Gasteiger partial charge < -0.3 is 14.4 Å². The van der Waals surface area contributed by atoms with Crippen LogP contribution >= 0.6 is 7.82 Å². The van der Waals surface area contributed by atoms with Crippen molar-refractivity contribution in [3.05, 3.63) is 0 Å². The number of phosphoric ester groups is 1. The van der Waals surface area contributed by atoms with E-state index in [9.17, 15) is 19.0 Å². The van der Waals surface area contributed by atoms with Crippen LogP contribution in [0.3, 0.4) is 0 Å². The van der Waals surface area contributed by atoms with Gasteiger partial charge in [0.1, 0.15) is 13.2 Å². The Kier molecular flexibility index (Phi) is 12.9. The van der Waals surface area contributed by atoms with Gasteiger partial charge in [0.2, 0.25) is 0 Å². The molecule has 0 aromatic heterocycles. The Labute approximate surface area is 137 Å². The minimum Gasteiger partial charge on any atom is -0.463 e. The molecule has 0 saturated heterocycles. The molecule has 0 spiro atoms. The summed E-state index contributed by atoms with van der Waals surface area (Å²) in [7, 11) is -4.24. The van der Waals surface area contributed by atoms with Crippen molar-refractivity contribution in [2.45, 2.75) is 52.4 Å². The molecule has 0 bridgehead atoms. The molecule has 9 heteroatoms. The van der Waals surface area contributed by atoms with Crippen molar-refractivity contribution in [2.75, 3.05) is 26.4 Å². The average molecular weight is 354 g/mol. The second-order valence-corrected chi connectivity index (χ2v) is 6.24. The van der Waals surface area contributed by atoms with Crippen LogP contribution in [0.5, 0.6) is 0 Å². The molecule has 0 saturated carbocycles. The first-order valence-corrected chi connectivity index (χ1v) is 9.34. The van der Waals surface area contributed by atoms with E-state index in [1.807, 2.05) is 13.8 Å². The molecule has 0 rings (SSSR count). The van der Waals surface area contributed by atoms with Gasteiger partial charge in [-0.25, -0.2) is 4.57 Å². The molecule has 0 amide bonds. The lowest BCUT2D eigenvalue weighted by atomic mass is 10.2. The Balaban J connectivity index is 3.66. The van der Waals surface area contributed by atoms with E-state index in [2.05, 4.69) is 9.05 Å². The van der Waals surface area contributed by atoms with Crippen molar-refractivity contribution in [1.29, 1.82) is 0 Å². The van der Waals surface area contributed by atoms with Crippen molar-refractivity contribution < 1.29 is 37.6 Å². The molecule has 0 radical (unpaired) electrons. The number of carbonyl (C=O) groups excluding carboxylic acids is 2. The largest absolute Gasteiger partial charge is 0.472 e. The van der Waals surface area contributed by atoms with E-state index in [1.165, 1.54) is 0 Å². The number of carbonyl (C=O) groups is 2. The predicted octanol–water partition coefficient (Wildman–Crippen LogP) is 2.59. The fourth-order valence-electron chi connectivity index (χ4n) is 1.44. The first-order valence-electron chi connectivity index (χ1n) is 7.84. The van der Waals surface area contributed by atoms with Crippen LogP contribution in [0.1, 0.15) is 52.4 Å². The Bertz CT molecular complexity index is 353. The summed E-state index contributed by atoms with van der Waals surface area (Å²) in [5, 5.41) is 0. The second kappa shape index (κ2) is 13.5. The van der Waals surface area contributed by atoms with Gasteiger partial charge >= 0.3 is 19.8 Å². The summed E-state index contributed by atoms with van der Waals surface area (Å²) >= 11 is 0. The molecule has 0 aliphatic rings. The van der Waals surface area contributed by atoms with E-state index in [0.717, 1.165) is 25.7 Å². The van der Waals surface area contributed by atoms with Gasteiger partial charge in [-0.3, -0.25) is 18.6 Å². The number of esters is 2. The zero-order valence-electron chi connectivity index (χ0n) is 13.8. The van der Waals surface area contributed by atoms with Gasteiger partial charge in [0.05, 0.1) is 13.2 Å². The van der Waals surface area contributed by atoms with Gasteiger partial charge in [-0.2, -0.15) is 0 Å². The van der Waals surface area contributed by atoms with Crippen molar-refractivity contribution in [3.8, 4) is 0 Å². The minimum atomic E-state index is -4.24. The lowest BCUT2D eigenvalue weighted by Gasteiger charge is -2.12. The lowest BCUT2D eigenvalue weighted by molar-refractivity contribution is -0.145. The summed E-state index contributed by atoms with van der Waals surface area (Å²) in [6, 6.07) is 0. The van der Waals surface area contributed by atoms with Crippen LogP contribution in [0.15, 0.2) is 0 Å². The highest BCUT2D eigenvalue weighted by molar-refractivity contribution is 7.47. The quantitative estimate of drug-likeness (QED) is 0.288. The first-order chi connectivity index (χ1) is 10.9. The SMILES string of the molecule is CCCCC(=O)OCCOP(=O)(O)OCCOC(=O)CCCC. The second-order valence-electron chi connectivity index (χ2n) is 4.78. The number of hydrogen-bond donors (Lipinski definition) is 1. The van der Waals surface area contributed by atoms with Gasteiger partial charge in [0.15, 0.2) is 0 Å². The first kappa shape index (κ1) is 22.1. The third kappa shape index (κ3) is 14.4. The number of unbranched alkanes of at least 4 members (excludes halogenated alkanes) is 2. The van der Waals surface area contributed by atoms with E-state index in [-0.39, 0.29) is 38.4 Å². The summed E-state index contributed by atoms with van der Waals surface area (Å²) in [6.07, 6.45) is 3.86. The maximum atomic E-state index is 11.5. The molecule has 8 nitrogen and oxygen atoms in total. The molecule has 0 unspecified atom stereocenters. The molecule has 0 atom stereocenters. The third-order valence-electron chi connectivity index (χ3n) is 2.67. The Morgan fingerprint density at radius 1 is 0.826 bits per heavy atom. The third-order valence-corrected chi connectivity index (χ3v) is 3.69. The molecule has 1 N–H and O–H groups in total. The van der Waals surface area contributed by atoms with Crippen LogP contribution in [0.2, 0.25) is 0 Å². The van der Waals surface area contributed by atoms with Crippen molar-refractivity contribution in [3.63, 3.8) is 0 Å². The number of ether oxygens (including phenoxy) is 2. The summed E-state index contributed by atoms with van der Waals surface area (Å²) in [5.74, 6) is -0.744. The van der Waals surface area contributed by atoms with E-state index < -0.39 is 7.82 Å². The molecular formula is C14H27O8P. The van der Waals surface area contributed by atoms with Crippen LogP contribution in [0.25, 0.3) is 0 Å². The molecular weight excluding hydrogens is 327 g/mol. The van der Waals surface area contributed by atoms with Crippen LogP contribution in [-0.4, -0.2) is 43.3 Å². The molecule has 0 heterocycles. The number of phosphoric acid groups is 1. The normalized spacial score (nSPS) is 11.3. The van der Waals surface area contributed by atoms with Crippen molar-refractivity contribution in [1.82, 2.24) is 0 Å². The monoisotopic (exact) mass is 354 g/mol. The molecule has 0 aliphatic heterocycles. The van der Waals surface area contributed by atoms with E-state index >= 15 is 0 Å². The summed E-state index contributed by atoms with van der Waals surface area (Å²) in [4.78, 5) is 31.7. The lowest BCUT2D eigenvalue weighted by Crippen LogP contribution is -2.12. The Hall–Kier alpha value is -0.950. The molecule has 136 valence electrons. The number of hydrogen-bond acceptors (Lipinski definition) is 7. The molecule has 0 aromatic rings. The van der Waals surface area contributed by atoms with E-state index in [4.69, 9.17) is 9.47 Å². The van der Waals surface area contributed by atoms with E-state index in [1.54, 1.807) is 0 Å². The highest BCUT2D eigenvalue weighted by atomic mass is 31.2. The maximum absolute atomic E-state index is 11.5. The smallest absolute Gasteiger partial charge is 0.463 e. The van der Waals surface area contributed by atoms with Gasteiger partial charge in [0.25, 0.3) is 0 Å². The van der Waals surface area contributed by atoms with Crippen LogP contribution in [0.4, 0.5) is 0 Å². The van der Waals surface area contributed by atoms with Crippen LogP contribution < -0.4 is 0 Å². The predicted molar refractivity (Wildman–Crippen MR) is 82.7 cm³/mol. The maximum Gasteiger partial charge on any atom is 0.472 e. The fourth-order valence-corrected chi connectivity index (χ4v) is 2.13. The molecule has 0 aromatic carbocycles. The average Bonchev–Trinajstić information content (AvgIpc) is 2.51. The van der Waals surface area contributed by atoms with Gasteiger partial charge in [-0.15, -0.1) is 0 Å². The van der Waals surface area contributed by atoms with Crippen molar-refractivity contribution in [2.24, 2.45) is 0 Å². The highest BCUT2D eigenvalue weighted by Crippen LogP contribution is 2.42. The summed E-state index contributed by atoms with van der Waals surface area (Å²) in [6.45, 7) is 3.17. The standard InChI is InChI=1S/C14H27O8P/c1-3-5-7-13(15)19-9-11-21-23(17,18)22-12-10-20-14(16)8-6-4-2/h3-12H2,1-2H3,(H,17,18). The molecule has 23 heavy (non-hydrogen) atoms. The van der Waals surface area contributed by atoms with Gasteiger partial charge in [-0.05, 0) is 12.8 Å². The van der Waals surface area contributed by atoms with Gasteiger partial charge in [-0.1, -0.05) is 26.7 Å². The van der Waals surface area contributed by atoms with Crippen LogP contribution in [-0.2, 0) is 32.7 Å². The Morgan fingerprint density at radius 2 is 1.22 bits per heavy atom. The fraction of sp³-hybridized carbons (Fsp3) is 0.857. The number of rotatable bonds is 14. The summed E-state index contributed by atoms with van der Waals surface area (Å²) in [5.41, 5.74) is 0.